The number of aliphatic hydroxyl groups excluding tert-OH is 1. The van der Waals surface area contributed by atoms with Crippen LogP contribution in [-0.2, 0) is 6.42 Å². The summed E-state index contributed by atoms with van der Waals surface area (Å²) in [7, 11) is 1.47. The molecule has 2 aliphatic heterocycles. The molecule has 0 radical (unpaired) electrons. The number of anilines is 2. The second kappa shape index (κ2) is 12.6. The van der Waals surface area contributed by atoms with Crippen molar-refractivity contribution in [2.75, 3.05) is 37.0 Å². The number of benzene rings is 3. The number of amides is 2. The number of nitrogens with zero attached hydrogens (tertiary/aromatic N) is 2. The number of hydrogen-bond acceptors (Lipinski definition) is 5. The monoisotopic (exact) mass is 617 g/mol. The highest BCUT2D eigenvalue weighted by Gasteiger charge is 2.40. The van der Waals surface area contributed by atoms with E-state index < -0.39 is 11.7 Å². The summed E-state index contributed by atoms with van der Waals surface area (Å²) in [6.07, 6.45) is 9.33. The fraction of sp³-hybridized carbons (Fsp3) is 0.371. The van der Waals surface area contributed by atoms with Crippen molar-refractivity contribution in [3.63, 3.8) is 0 Å². The lowest BCUT2D eigenvalue weighted by atomic mass is 9.79. The van der Waals surface area contributed by atoms with Gasteiger partial charge in [0.2, 0.25) is 0 Å². The molecule has 7 nitrogen and oxygen atoms in total. The zero-order valence-corrected chi connectivity index (χ0v) is 25.6. The number of carbonyl (C=O) groups excluding carboxylic acids is 2. The number of aliphatic hydroxyl groups is 1. The number of carbonyl (C=O) groups is 2. The van der Waals surface area contributed by atoms with Crippen LogP contribution >= 0.6 is 11.6 Å². The summed E-state index contributed by atoms with van der Waals surface area (Å²) in [6.45, 7) is 1.82. The van der Waals surface area contributed by atoms with Crippen LogP contribution in [0.1, 0.15) is 64.8 Å². The van der Waals surface area contributed by atoms with Gasteiger partial charge in [0.05, 0.1) is 23.4 Å². The third kappa shape index (κ3) is 5.93. The summed E-state index contributed by atoms with van der Waals surface area (Å²) in [4.78, 5) is 31.3. The molecule has 0 bridgehead atoms. The molecule has 44 heavy (non-hydrogen) atoms. The highest BCUT2D eigenvalue weighted by Crippen LogP contribution is 2.48. The van der Waals surface area contributed by atoms with Crippen molar-refractivity contribution in [2.45, 2.75) is 51.0 Å². The Balaban J connectivity index is 1.24. The standard InChI is InChI=1S/C35H37ClFN3O4/c1-44-32-19-23(8-11-30(32)38-33(42)28-20-25(37)9-10-29(28)36)34(43)40-17-15-35(21-24-5-2-3-7-31(24)40)14-12-27(22-35)39-16-4-6-26(39)13-18-41/h2-3,5,7-11,19-20,22,26,41H,4,6,12-18,21H2,1H3,(H,38,42)/t26?,35-/m0/s1. The topological polar surface area (TPSA) is 82.1 Å². The first-order chi connectivity index (χ1) is 21.3. The first kappa shape index (κ1) is 30.2. The van der Waals surface area contributed by atoms with E-state index in [0.29, 0.717) is 29.6 Å². The van der Waals surface area contributed by atoms with Crippen LogP contribution in [-0.4, -0.2) is 54.7 Å². The lowest BCUT2D eigenvalue weighted by Gasteiger charge is -2.28. The van der Waals surface area contributed by atoms with Gasteiger partial charge in [-0.05, 0) is 98.4 Å². The fourth-order valence-electron chi connectivity index (χ4n) is 7.10. The van der Waals surface area contributed by atoms with Crippen LogP contribution in [0.2, 0.25) is 5.02 Å². The molecule has 1 unspecified atom stereocenters. The van der Waals surface area contributed by atoms with Gasteiger partial charge in [-0.2, -0.15) is 0 Å². The zero-order chi connectivity index (χ0) is 30.8. The lowest BCUT2D eigenvalue weighted by Crippen LogP contribution is -2.33. The molecular weight excluding hydrogens is 581 g/mol. The highest BCUT2D eigenvalue weighted by atomic mass is 35.5. The summed E-state index contributed by atoms with van der Waals surface area (Å²) in [5.74, 6) is -0.997. The summed E-state index contributed by atoms with van der Waals surface area (Å²) in [5.41, 5.74) is 4.19. The molecule has 1 saturated heterocycles. The molecule has 2 N–H and O–H groups in total. The average molecular weight is 618 g/mol. The van der Waals surface area contributed by atoms with E-state index in [0.717, 1.165) is 68.8 Å². The van der Waals surface area contributed by atoms with E-state index in [9.17, 15) is 19.1 Å². The van der Waals surface area contributed by atoms with Crippen LogP contribution < -0.4 is 15.0 Å². The van der Waals surface area contributed by atoms with Gasteiger partial charge in [0.15, 0.2) is 0 Å². The Morgan fingerprint density at radius 3 is 2.77 bits per heavy atom. The predicted octanol–water partition coefficient (Wildman–Crippen LogP) is 6.84. The molecular formula is C35H37ClFN3O4. The SMILES string of the molecule is COc1cc(C(=O)N2CC[C@]3(C=C(N4CCCC4CCO)CC3)Cc3ccccc32)ccc1NC(=O)c1cc(F)ccc1Cl. The fourth-order valence-corrected chi connectivity index (χ4v) is 7.31. The maximum Gasteiger partial charge on any atom is 0.258 e. The second-order valence-electron chi connectivity index (χ2n) is 12.0. The van der Waals surface area contributed by atoms with E-state index in [4.69, 9.17) is 16.3 Å². The summed E-state index contributed by atoms with van der Waals surface area (Å²) in [6, 6.07) is 17.0. The molecule has 1 fully saturated rings. The van der Waals surface area contributed by atoms with Crippen molar-refractivity contribution in [3.05, 3.63) is 100.0 Å². The number of fused-ring (bicyclic) bond motifs is 1. The van der Waals surface area contributed by atoms with E-state index in [1.807, 2.05) is 23.1 Å². The Labute approximate surface area is 262 Å². The maximum absolute atomic E-state index is 14.1. The van der Waals surface area contributed by atoms with Crippen molar-refractivity contribution < 1.29 is 23.8 Å². The molecule has 0 aromatic heterocycles. The lowest BCUT2D eigenvalue weighted by molar-refractivity contribution is 0.0984. The van der Waals surface area contributed by atoms with Gasteiger partial charge in [0.25, 0.3) is 11.8 Å². The Kier molecular flexibility index (Phi) is 8.65. The Hall–Kier alpha value is -3.88. The van der Waals surface area contributed by atoms with Crippen molar-refractivity contribution >= 4 is 34.8 Å². The minimum Gasteiger partial charge on any atom is -0.495 e. The van der Waals surface area contributed by atoms with Gasteiger partial charge in [0, 0.05) is 42.7 Å². The average Bonchev–Trinajstić information content (AvgIpc) is 3.62. The molecule has 2 heterocycles. The van der Waals surface area contributed by atoms with Crippen molar-refractivity contribution in [2.24, 2.45) is 5.41 Å². The van der Waals surface area contributed by atoms with Gasteiger partial charge >= 0.3 is 0 Å². The summed E-state index contributed by atoms with van der Waals surface area (Å²) >= 11 is 6.12. The molecule has 6 rings (SSSR count). The molecule has 2 atom stereocenters. The molecule has 3 aromatic carbocycles. The minimum absolute atomic E-state index is 0.00161. The third-order valence-electron chi connectivity index (χ3n) is 9.33. The quantitative estimate of drug-likeness (QED) is 0.303. The number of halogens is 2. The van der Waals surface area contributed by atoms with Crippen LogP contribution in [0.25, 0.3) is 0 Å². The van der Waals surface area contributed by atoms with Gasteiger partial charge in [0.1, 0.15) is 11.6 Å². The number of likely N-dealkylation sites (tertiary alicyclic amines) is 1. The molecule has 230 valence electrons. The van der Waals surface area contributed by atoms with E-state index in [-0.39, 0.29) is 28.5 Å². The van der Waals surface area contributed by atoms with E-state index in [2.05, 4.69) is 22.4 Å². The Morgan fingerprint density at radius 1 is 1.11 bits per heavy atom. The van der Waals surface area contributed by atoms with E-state index in [1.165, 1.54) is 24.9 Å². The molecule has 3 aromatic rings. The van der Waals surface area contributed by atoms with Gasteiger partial charge in [-0.1, -0.05) is 35.9 Å². The predicted molar refractivity (Wildman–Crippen MR) is 170 cm³/mol. The smallest absolute Gasteiger partial charge is 0.258 e. The van der Waals surface area contributed by atoms with Crippen molar-refractivity contribution in [3.8, 4) is 5.75 Å². The first-order valence-corrected chi connectivity index (χ1v) is 15.6. The zero-order valence-electron chi connectivity index (χ0n) is 24.8. The number of allylic oxidation sites excluding steroid dienone is 2. The van der Waals surface area contributed by atoms with E-state index >= 15 is 0 Å². The summed E-state index contributed by atoms with van der Waals surface area (Å²) < 4.78 is 19.3. The molecule has 3 aliphatic rings. The molecule has 1 spiro atoms. The van der Waals surface area contributed by atoms with Gasteiger partial charge in [-0.15, -0.1) is 0 Å². The Morgan fingerprint density at radius 2 is 1.95 bits per heavy atom. The van der Waals surface area contributed by atoms with Gasteiger partial charge in [-0.3, -0.25) is 9.59 Å². The number of nitrogens with one attached hydrogen (secondary N) is 1. The largest absolute Gasteiger partial charge is 0.495 e. The van der Waals surface area contributed by atoms with Crippen LogP contribution in [0.3, 0.4) is 0 Å². The van der Waals surface area contributed by atoms with Crippen LogP contribution in [0.15, 0.2) is 72.4 Å². The maximum atomic E-state index is 14.1. The summed E-state index contributed by atoms with van der Waals surface area (Å²) in [5, 5.41) is 12.4. The van der Waals surface area contributed by atoms with Crippen molar-refractivity contribution in [1.29, 1.82) is 0 Å². The van der Waals surface area contributed by atoms with Gasteiger partial charge in [-0.25, -0.2) is 4.39 Å². The normalized spacial score (nSPS) is 21.2. The second-order valence-corrected chi connectivity index (χ2v) is 12.4. The van der Waals surface area contributed by atoms with Crippen LogP contribution in [0, 0.1) is 11.2 Å². The molecule has 0 saturated carbocycles. The number of para-hydroxylation sites is 1. The number of rotatable bonds is 7. The minimum atomic E-state index is -0.584. The third-order valence-corrected chi connectivity index (χ3v) is 9.66. The number of hydrogen-bond donors (Lipinski definition) is 2. The molecule has 9 heteroatoms. The molecule has 2 amide bonds. The highest BCUT2D eigenvalue weighted by molar-refractivity contribution is 6.34. The molecule has 1 aliphatic carbocycles. The number of ether oxygens (including phenoxy) is 1. The van der Waals surface area contributed by atoms with Crippen LogP contribution in [0.5, 0.6) is 5.75 Å². The first-order valence-electron chi connectivity index (χ1n) is 15.2. The number of methoxy groups -OCH3 is 1. The van der Waals surface area contributed by atoms with Crippen molar-refractivity contribution in [1.82, 2.24) is 4.90 Å². The van der Waals surface area contributed by atoms with E-state index in [1.54, 1.807) is 18.2 Å². The van der Waals surface area contributed by atoms with Crippen LogP contribution in [0.4, 0.5) is 15.8 Å². The van der Waals surface area contributed by atoms with Gasteiger partial charge < -0.3 is 25.0 Å². The Bertz CT molecular complexity index is 1610.